The number of nitrogens with zero attached hydrogens (tertiary/aromatic N) is 2. The van der Waals surface area contributed by atoms with E-state index in [2.05, 4.69) is 4.99 Å². The molecule has 4 rings (SSSR count). The number of hydrogen-bond donors (Lipinski definition) is 1. The normalized spacial score (nSPS) is 15.8. The number of benzene rings is 2. The fraction of sp³-hybridized carbons (Fsp3) is 0.208. The van der Waals surface area contributed by atoms with Gasteiger partial charge in [0.1, 0.15) is 0 Å². The van der Waals surface area contributed by atoms with E-state index in [4.69, 9.17) is 21.1 Å². The molecule has 1 unspecified atom stereocenters. The molecule has 0 bridgehead atoms. The van der Waals surface area contributed by atoms with Crippen LogP contribution in [0.2, 0.25) is 5.02 Å². The van der Waals surface area contributed by atoms with Crippen molar-refractivity contribution in [2.75, 3.05) is 13.7 Å². The number of fused-ring (bicyclic) bond motifs is 1. The highest BCUT2D eigenvalue weighted by Gasteiger charge is 2.33. The summed E-state index contributed by atoms with van der Waals surface area (Å²) in [6, 6.07) is 11.2. The summed E-state index contributed by atoms with van der Waals surface area (Å²) in [6.45, 7) is 3.66. The molecule has 7 nitrogen and oxygen atoms in total. The lowest BCUT2D eigenvalue weighted by molar-refractivity contribution is -0.139. The molecule has 170 valence electrons. The van der Waals surface area contributed by atoms with Gasteiger partial charge in [0, 0.05) is 5.02 Å². The minimum absolute atomic E-state index is 0.0292. The summed E-state index contributed by atoms with van der Waals surface area (Å²) in [5.74, 6) is -0.211. The molecule has 0 saturated carbocycles. The summed E-state index contributed by atoms with van der Waals surface area (Å²) in [5.41, 5.74) is 1.83. The van der Waals surface area contributed by atoms with E-state index in [1.165, 1.54) is 29.1 Å². The number of esters is 1. The molecule has 0 aliphatic carbocycles. The maximum absolute atomic E-state index is 13.5. The Bertz CT molecular complexity index is 1440. The molecule has 0 fully saturated rings. The molecule has 33 heavy (non-hydrogen) atoms. The van der Waals surface area contributed by atoms with Crippen LogP contribution in [0.3, 0.4) is 0 Å². The fourth-order valence-electron chi connectivity index (χ4n) is 3.70. The summed E-state index contributed by atoms with van der Waals surface area (Å²) in [6.07, 6.45) is 1.67. The smallest absolute Gasteiger partial charge is 0.338 e. The molecule has 0 amide bonds. The monoisotopic (exact) mass is 484 g/mol. The number of hydrogen-bond acceptors (Lipinski definition) is 7. The van der Waals surface area contributed by atoms with Crippen molar-refractivity contribution >= 4 is 35.0 Å². The molecule has 3 aromatic rings. The van der Waals surface area contributed by atoms with E-state index in [1.807, 2.05) is 0 Å². The third kappa shape index (κ3) is 4.31. The Morgan fingerprint density at radius 1 is 1.27 bits per heavy atom. The Morgan fingerprint density at radius 2 is 2.00 bits per heavy atom. The molecule has 1 atom stereocenters. The molecule has 9 heteroatoms. The van der Waals surface area contributed by atoms with Crippen LogP contribution in [0.5, 0.6) is 11.5 Å². The van der Waals surface area contributed by atoms with Gasteiger partial charge in [0.2, 0.25) is 0 Å². The molecule has 0 saturated heterocycles. The zero-order chi connectivity index (χ0) is 23.7. The molecular formula is C24H21ClN2O5S. The first-order chi connectivity index (χ1) is 15.8. The van der Waals surface area contributed by atoms with Gasteiger partial charge in [-0.15, -0.1) is 0 Å². The van der Waals surface area contributed by atoms with Crippen LogP contribution in [0.4, 0.5) is 0 Å². The third-order valence-corrected chi connectivity index (χ3v) is 6.44. The standard InChI is InChI=1S/C24H21ClN2O5S/c1-4-32-23(30)20-13(2)26-24-27(21(20)15-6-8-16(25)9-7-15)22(29)19(33-24)12-14-5-10-18(31-3)17(28)11-14/h5-12,21,28H,4H2,1-3H3. The van der Waals surface area contributed by atoms with Gasteiger partial charge in [-0.25, -0.2) is 9.79 Å². The van der Waals surface area contributed by atoms with Crippen molar-refractivity contribution in [1.82, 2.24) is 4.57 Å². The van der Waals surface area contributed by atoms with Crippen LogP contribution in [0.25, 0.3) is 6.08 Å². The van der Waals surface area contributed by atoms with Crippen molar-refractivity contribution in [3.8, 4) is 11.5 Å². The second-order valence-electron chi connectivity index (χ2n) is 7.29. The molecule has 1 N–H and O–H groups in total. The first-order valence-corrected chi connectivity index (χ1v) is 11.4. The van der Waals surface area contributed by atoms with E-state index in [0.717, 1.165) is 0 Å². The van der Waals surface area contributed by atoms with Crippen LogP contribution in [0.1, 0.15) is 31.0 Å². The van der Waals surface area contributed by atoms with E-state index >= 15 is 0 Å². The van der Waals surface area contributed by atoms with E-state index in [0.29, 0.717) is 42.5 Å². The van der Waals surface area contributed by atoms with Crippen molar-refractivity contribution in [3.05, 3.63) is 89.6 Å². The minimum Gasteiger partial charge on any atom is -0.504 e. The van der Waals surface area contributed by atoms with Gasteiger partial charge in [-0.1, -0.05) is 41.1 Å². The number of carbonyl (C=O) groups excluding carboxylic acids is 1. The Balaban J connectivity index is 1.93. The average Bonchev–Trinajstić information content (AvgIpc) is 3.08. The Kier molecular flexibility index (Phi) is 6.40. The van der Waals surface area contributed by atoms with Crippen LogP contribution in [0.15, 0.2) is 63.5 Å². The van der Waals surface area contributed by atoms with E-state index in [-0.39, 0.29) is 17.9 Å². The molecular weight excluding hydrogens is 464 g/mol. The highest BCUT2D eigenvalue weighted by atomic mass is 35.5. The highest BCUT2D eigenvalue weighted by Crippen LogP contribution is 2.31. The van der Waals surface area contributed by atoms with Gasteiger partial charge in [0.25, 0.3) is 5.56 Å². The van der Waals surface area contributed by atoms with Crippen molar-refractivity contribution in [3.63, 3.8) is 0 Å². The first kappa shape index (κ1) is 22.8. The molecule has 0 radical (unpaired) electrons. The number of phenolic OH excluding ortho intramolecular Hbond substituents is 1. The largest absolute Gasteiger partial charge is 0.504 e. The number of allylic oxidation sites excluding steroid dienone is 1. The predicted molar refractivity (Wildman–Crippen MR) is 127 cm³/mol. The second kappa shape index (κ2) is 9.25. The summed E-state index contributed by atoms with van der Waals surface area (Å²) in [4.78, 5) is 31.4. The number of halogens is 1. The molecule has 2 heterocycles. The number of rotatable bonds is 5. The maximum atomic E-state index is 13.5. The van der Waals surface area contributed by atoms with Crippen LogP contribution in [0, 0.1) is 0 Å². The number of methoxy groups -OCH3 is 1. The van der Waals surface area contributed by atoms with E-state index < -0.39 is 12.0 Å². The summed E-state index contributed by atoms with van der Waals surface area (Å²) in [5, 5.41) is 10.6. The van der Waals surface area contributed by atoms with E-state index in [1.54, 1.807) is 56.3 Å². The van der Waals surface area contributed by atoms with Gasteiger partial charge in [0.05, 0.1) is 35.6 Å². The topological polar surface area (TPSA) is 90.1 Å². The molecule has 0 spiro atoms. The van der Waals surface area contributed by atoms with E-state index in [9.17, 15) is 14.7 Å². The zero-order valence-corrected chi connectivity index (χ0v) is 19.7. The number of aromatic nitrogens is 1. The Labute approximate surface area is 198 Å². The quantitative estimate of drug-likeness (QED) is 0.562. The van der Waals surface area contributed by atoms with Gasteiger partial charge >= 0.3 is 5.97 Å². The maximum Gasteiger partial charge on any atom is 0.338 e. The number of phenols is 1. The molecule has 2 aromatic carbocycles. The minimum atomic E-state index is -0.705. The SMILES string of the molecule is CCOC(=O)C1=C(C)N=c2sc(=Cc3ccc(OC)c(O)c3)c(=O)n2C1c1ccc(Cl)cc1. The van der Waals surface area contributed by atoms with Crippen LogP contribution >= 0.6 is 22.9 Å². The van der Waals surface area contributed by atoms with Crippen molar-refractivity contribution in [2.45, 2.75) is 19.9 Å². The number of thiazole rings is 1. The van der Waals surface area contributed by atoms with Gasteiger partial charge in [-0.3, -0.25) is 9.36 Å². The van der Waals surface area contributed by atoms with Gasteiger partial charge in [-0.2, -0.15) is 0 Å². The second-order valence-corrected chi connectivity index (χ2v) is 8.73. The van der Waals surface area contributed by atoms with Crippen molar-refractivity contribution in [1.29, 1.82) is 0 Å². The van der Waals surface area contributed by atoms with Gasteiger partial charge in [-0.05, 0) is 55.3 Å². The number of carbonyl (C=O) groups is 1. The van der Waals surface area contributed by atoms with Crippen LogP contribution in [-0.2, 0) is 9.53 Å². The first-order valence-electron chi connectivity index (χ1n) is 10.2. The lowest BCUT2D eigenvalue weighted by Gasteiger charge is -2.24. The predicted octanol–water partition coefficient (Wildman–Crippen LogP) is 3.17. The average molecular weight is 485 g/mol. The van der Waals surface area contributed by atoms with Crippen LogP contribution < -0.4 is 19.6 Å². The fourth-order valence-corrected chi connectivity index (χ4v) is 4.87. The zero-order valence-electron chi connectivity index (χ0n) is 18.2. The Hall–Kier alpha value is -3.36. The van der Waals surface area contributed by atoms with Crippen molar-refractivity contribution in [2.24, 2.45) is 4.99 Å². The van der Waals surface area contributed by atoms with Gasteiger partial charge < -0.3 is 14.6 Å². The third-order valence-electron chi connectivity index (χ3n) is 5.20. The Morgan fingerprint density at radius 3 is 2.64 bits per heavy atom. The molecule has 1 aliphatic rings. The lowest BCUT2D eigenvalue weighted by atomic mass is 9.96. The summed E-state index contributed by atoms with van der Waals surface area (Å²) in [7, 11) is 1.47. The number of ether oxygens (including phenoxy) is 2. The van der Waals surface area contributed by atoms with Gasteiger partial charge in [0.15, 0.2) is 16.3 Å². The number of aromatic hydroxyl groups is 1. The molecule has 1 aromatic heterocycles. The molecule has 1 aliphatic heterocycles. The van der Waals surface area contributed by atoms with Crippen molar-refractivity contribution < 1.29 is 19.4 Å². The summed E-state index contributed by atoms with van der Waals surface area (Å²) < 4.78 is 12.3. The summed E-state index contributed by atoms with van der Waals surface area (Å²) >= 11 is 7.27. The highest BCUT2D eigenvalue weighted by molar-refractivity contribution is 7.07. The van der Waals surface area contributed by atoms with Crippen LogP contribution in [-0.4, -0.2) is 29.4 Å². The lowest BCUT2D eigenvalue weighted by Crippen LogP contribution is -2.39.